The molecule has 1 aliphatic heterocycles. The van der Waals surface area contributed by atoms with Crippen LogP contribution in [0.2, 0.25) is 0 Å². The Balaban J connectivity index is 1.66. The maximum Gasteiger partial charge on any atom is 0.266 e. The van der Waals surface area contributed by atoms with Gasteiger partial charge in [-0.2, -0.15) is 16.6 Å². The minimum absolute atomic E-state index is 0.0316. The molecule has 4 N–H and O–H groups in total. The quantitative estimate of drug-likeness (QED) is 0.563. The Morgan fingerprint density at radius 1 is 1.35 bits per heavy atom. The summed E-state index contributed by atoms with van der Waals surface area (Å²) >= 11 is 2.82. The van der Waals surface area contributed by atoms with E-state index in [-0.39, 0.29) is 23.2 Å². The molecule has 8 heteroatoms. The number of carbonyl (C=O) groups excluding carboxylic acids is 1. The van der Waals surface area contributed by atoms with Crippen molar-refractivity contribution in [1.29, 1.82) is 5.26 Å². The Hall–Kier alpha value is -2.63. The van der Waals surface area contributed by atoms with Crippen LogP contribution in [0.4, 0.5) is 11.5 Å². The Labute approximate surface area is 189 Å². The third-order valence-electron chi connectivity index (χ3n) is 7.08. The van der Waals surface area contributed by atoms with Crippen molar-refractivity contribution in [1.82, 2.24) is 9.88 Å². The van der Waals surface area contributed by atoms with Crippen LogP contribution in [0, 0.1) is 22.2 Å². The molecule has 5 rings (SSSR count). The van der Waals surface area contributed by atoms with Gasteiger partial charge >= 0.3 is 0 Å². The van der Waals surface area contributed by atoms with Crippen molar-refractivity contribution in [2.75, 3.05) is 18.0 Å². The Bertz CT molecular complexity index is 1250. The SMILES string of the molecule is CC12CCN(C(=O)c3sc4nc(N)c(C#N)c(-c5ccsc5)c4c3N)C(C1)C(C)(C)C2. The minimum atomic E-state index is -0.0316. The first-order valence-electron chi connectivity index (χ1n) is 10.4. The number of hydrogen-bond acceptors (Lipinski definition) is 7. The summed E-state index contributed by atoms with van der Waals surface area (Å²) in [6, 6.07) is 4.32. The van der Waals surface area contributed by atoms with Gasteiger partial charge < -0.3 is 16.4 Å². The summed E-state index contributed by atoms with van der Waals surface area (Å²) < 4.78 is 0. The fourth-order valence-corrected chi connectivity index (χ4v) is 7.53. The van der Waals surface area contributed by atoms with Crippen molar-refractivity contribution < 1.29 is 4.79 Å². The third-order valence-corrected chi connectivity index (χ3v) is 8.86. The van der Waals surface area contributed by atoms with Gasteiger partial charge in [-0.25, -0.2) is 4.98 Å². The molecule has 31 heavy (non-hydrogen) atoms. The molecule has 0 radical (unpaired) electrons. The van der Waals surface area contributed by atoms with E-state index < -0.39 is 0 Å². The predicted molar refractivity (Wildman–Crippen MR) is 127 cm³/mol. The van der Waals surface area contributed by atoms with Gasteiger partial charge in [-0.05, 0) is 52.5 Å². The van der Waals surface area contributed by atoms with Gasteiger partial charge in [0.15, 0.2) is 0 Å². The lowest BCUT2D eigenvalue weighted by molar-refractivity contribution is 0.0480. The number of carbonyl (C=O) groups is 1. The Kier molecular flexibility index (Phi) is 4.37. The predicted octanol–water partition coefficient (Wildman–Crippen LogP) is 5.10. The number of nitrogens with two attached hydrogens (primary N) is 2. The second-order valence-electron chi connectivity index (χ2n) is 9.84. The van der Waals surface area contributed by atoms with Crippen LogP contribution >= 0.6 is 22.7 Å². The molecule has 1 amide bonds. The van der Waals surface area contributed by atoms with E-state index in [2.05, 4.69) is 31.8 Å². The standard InChI is InChI=1S/C23H25N5OS2/c1-22(2)11-23(3)5-6-28(14(22)8-23)21(29)18-17(25)16-15(12-4-7-30-10-12)13(9-24)19(26)27-20(16)31-18/h4,7,10,14H,5-6,8,11,25H2,1-3H3,(H2,26,27). The number of hydrogen-bond donors (Lipinski definition) is 2. The van der Waals surface area contributed by atoms with Crippen LogP contribution in [0.1, 0.15) is 55.3 Å². The normalized spacial score (nSPS) is 24.5. The molecule has 4 heterocycles. The molecule has 2 bridgehead atoms. The van der Waals surface area contributed by atoms with Crippen molar-refractivity contribution in [3.05, 3.63) is 27.3 Å². The van der Waals surface area contributed by atoms with Crippen LogP contribution in [0.3, 0.4) is 0 Å². The monoisotopic (exact) mass is 451 g/mol. The van der Waals surface area contributed by atoms with E-state index in [4.69, 9.17) is 11.5 Å². The number of thiophene rings is 2. The number of likely N-dealkylation sites (tertiary alicyclic amines) is 1. The van der Waals surface area contributed by atoms with E-state index in [1.165, 1.54) is 22.7 Å². The van der Waals surface area contributed by atoms with E-state index in [1.807, 2.05) is 21.7 Å². The molecule has 160 valence electrons. The molecule has 3 aromatic rings. The second-order valence-corrected chi connectivity index (χ2v) is 11.6. The third kappa shape index (κ3) is 2.94. The number of pyridine rings is 1. The van der Waals surface area contributed by atoms with Crippen LogP contribution in [0.25, 0.3) is 21.3 Å². The van der Waals surface area contributed by atoms with Crippen LogP contribution in [0.5, 0.6) is 0 Å². The zero-order chi connectivity index (χ0) is 22.1. The number of rotatable bonds is 2. The number of piperidine rings is 1. The van der Waals surface area contributed by atoms with E-state index in [0.717, 1.165) is 31.4 Å². The fraction of sp³-hybridized carbons (Fsp3) is 0.435. The molecule has 0 spiro atoms. The second kappa shape index (κ2) is 6.68. The van der Waals surface area contributed by atoms with Crippen molar-refractivity contribution in [3.63, 3.8) is 0 Å². The van der Waals surface area contributed by atoms with Gasteiger partial charge in [0, 0.05) is 23.5 Å². The minimum Gasteiger partial charge on any atom is -0.397 e. The van der Waals surface area contributed by atoms with Gasteiger partial charge in [0.1, 0.15) is 27.2 Å². The summed E-state index contributed by atoms with van der Waals surface area (Å²) in [7, 11) is 0. The molecule has 1 saturated carbocycles. The van der Waals surface area contributed by atoms with E-state index in [9.17, 15) is 10.1 Å². The average Bonchev–Trinajstić information content (AvgIpc) is 3.38. The molecular formula is C23H25N5OS2. The number of nitrogens with zero attached hydrogens (tertiary/aromatic N) is 3. The van der Waals surface area contributed by atoms with Gasteiger partial charge in [0.25, 0.3) is 5.91 Å². The van der Waals surface area contributed by atoms with Gasteiger partial charge in [-0.1, -0.05) is 20.8 Å². The van der Waals surface area contributed by atoms with Crippen LogP contribution in [0.15, 0.2) is 16.8 Å². The highest BCUT2D eigenvalue weighted by atomic mass is 32.1. The molecule has 1 saturated heterocycles. The first-order valence-corrected chi connectivity index (χ1v) is 12.2. The van der Waals surface area contributed by atoms with Crippen molar-refractivity contribution in [3.8, 4) is 17.2 Å². The summed E-state index contributed by atoms with van der Waals surface area (Å²) in [5.41, 5.74) is 15.3. The molecule has 2 fully saturated rings. The van der Waals surface area contributed by atoms with Gasteiger partial charge in [-0.3, -0.25) is 4.79 Å². The lowest BCUT2D eigenvalue weighted by Crippen LogP contribution is -2.48. The number of fused-ring (bicyclic) bond motifs is 3. The van der Waals surface area contributed by atoms with E-state index in [0.29, 0.717) is 37.3 Å². The number of aromatic nitrogens is 1. The molecule has 2 atom stereocenters. The highest BCUT2D eigenvalue weighted by Gasteiger charge is 2.53. The smallest absolute Gasteiger partial charge is 0.266 e. The zero-order valence-corrected chi connectivity index (χ0v) is 19.5. The molecule has 1 aliphatic carbocycles. The first kappa shape index (κ1) is 20.3. The van der Waals surface area contributed by atoms with Crippen molar-refractivity contribution >= 4 is 50.3 Å². The topological polar surface area (TPSA) is 109 Å². The molecule has 6 nitrogen and oxygen atoms in total. The Morgan fingerprint density at radius 2 is 2.13 bits per heavy atom. The van der Waals surface area contributed by atoms with Crippen LogP contribution in [-0.2, 0) is 0 Å². The number of nitrogen functional groups attached to an aromatic ring is 2. The summed E-state index contributed by atoms with van der Waals surface area (Å²) in [4.78, 5) is 21.3. The summed E-state index contributed by atoms with van der Waals surface area (Å²) in [5.74, 6) is 0.137. The lowest BCUT2D eigenvalue weighted by Gasteiger charge is -2.40. The van der Waals surface area contributed by atoms with E-state index in [1.54, 1.807) is 0 Å². The largest absolute Gasteiger partial charge is 0.397 e. The maximum absolute atomic E-state index is 13.7. The van der Waals surface area contributed by atoms with Crippen LogP contribution < -0.4 is 11.5 Å². The van der Waals surface area contributed by atoms with E-state index >= 15 is 0 Å². The number of nitriles is 1. The van der Waals surface area contributed by atoms with Gasteiger partial charge in [0.05, 0.1) is 5.69 Å². The lowest BCUT2D eigenvalue weighted by atomic mass is 9.81. The number of amides is 1. The highest BCUT2D eigenvalue weighted by Crippen LogP contribution is 2.56. The molecular weight excluding hydrogens is 426 g/mol. The van der Waals surface area contributed by atoms with Crippen molar-refractivity contribution in [2.45, 2.75) is 46.1 Å². The molecule has 0 aromatic carbocycles. The molecule has 3 aromatic heterocycles. The molecule has 2 unspecified atom stereocenters. The zero-order valence-electron chi connectivity index (χ0n) is 17.9. The maximum atomic E-state index is 13.7. The highest BCUT2D eigenvalue weighted by molar-refractivity contribution is 7.21. The fourth-order valence-electron chi connectivity index (χ4n) is 5.81. The summed E-state index contributed by atoms with van der Waals surface area (Å²) in [6.45, 7) is 7.61. The number of anilines is 2. The average molecular weight is 452 g/mol. The summed E-state index contributed by atoms with van der Waals surface area (Å²) in [5, 5.41) is 14.3. The Morgan fingerprint density at radius 3 is 2.81 bits per heavy atom. The molecule has 2 aliphatic rings. The summed E-state index contributed by atoms with van der Waals surface area (Å²) in [6.07, 6.45) is 3.16. The van der Waals surface area contributed by atoms with Crippen molar-refractivity contribution in [2.24, 2.45) is 10.8 Å². The van der Waals surface area contributed by atoms with Crippen LogP contribution in [-0.4, -0.2) is 28.4 Å². The van der Waals surface area contributed by atoms with Gasteiger partial charge in [0.2, 0.25) is 0 Å². The van der Waals surface area contributed by atoms with Gasteiger partial charge in [-0.15, -0.1) is 11.3 Å². The first-order chi connectivity index (χ1) is 14.6.